The van der Waals surface area contributed by atoms with Gasteiger partial charge in [-0.3, -0.25) is 9.52 Å². The Hall–Kier alpha value is -3.19. The molecule has 0 radical (unpaired) electrons. The van der Waals surface area contributed by atoms with Crippen molar-refractivity contribution in [1.29, 1.82) is 0 Å². The van der Waals surface area contributed by atoms with Gasteiger partial charge in [-0.2, -0.15) is 0 Å². The molecule has 0 spiro atoms. The van der Waals surface area contributed by atoms with Crippen molar-refractivity contribution < 1.29 is 17.6 Å². The normalized spacial score (nSPS) is 11.2. The molecular weight excluding hydrogens is 403 g/mol. The molecule has 0 bridgehead atoms. The zero-order valence-electron chi connectivity index (χ0n) is 17.0. The van der Waals surface area contributed by atoms with Crippen molar-refractivity contribution in [2.45, 2.75) is 25.3 Å². The van der Waals surface area contributed by atoms with E-state index in [1.165, 1.54) is 23.1 Å². The number of amides is 1. The van der Waals surface area contributed by atoms with Crippen LogP contribution in [0.5, 0.6) is 0 Å². The summed E-state index contributed by atoms with van der Waals surface area (Å²) in [5.41, 5.74) is 3.15. The van der Waals surface area contributed by atoms with Crippen LogP contribution in [-0.2, 0) is 16.6 Å². The van der Waals surface area contributed by atoms with E-state index in [0.29, 0.717) is 23.4 Å². The molecule has 3 rings (SSSR count). The van der Waals surface area contributed by atoms with Crippen molar-refractivity contribution in [3.05, 3.63) is 94.8 Å². The second kappa shape index (κ2) is 8.67. The summed E-state index contributed by atoms with van der Waals surface area (Å²) in [4.78, 5) is 14.5. The molecule has 156 valence electrons. The minimum atomic E-state index is -3.78. The number of aryl methyl sites for hydroxylation is 2. The molecule has 30 heavy (non-hydrogen) atoms. The lowest BCUT2D eigenvalue weighted by atomic mass is 10.1. The van der Waals surface area contributed by atoms with Crippen LogP contribution in [-0.4, -0.2) is 26.3 Å². The van der Waals surface area contributed by atoms with Crippen LogP contribution in [0.25, 0.3) is 0 Å². The molecule has 3 aromatic carbocycles. The molecule has 0 aromatic heterocycles. The van der Waals surface area contributed by atoms with Gasteiger partial charge in [0.15, 0.2) is 0 Å². The fraction of sp³-hybridized carbons (Fsp3) is 0.174. The summed E-state index contributed by atoms with van der Waals surface area (Å²) in [6, 6.07) is 17.4. The molecule has 0 saturated heterocycles. The third kappa shape index (κ3) is 5.04. The van der Waals surface area contributed by atoms with Crippen molar-refractivity contribution >= 4 is 21.6 Å². The summed E-state index contributed by atoms with van der Waals surface area (Å²) in [5, 5.41) is 0. The Morgan fingerprint density at radius 1 is 0.967 bits per heavy atom. The fourth-order valence-corrected chi connectivity index (χ4v) is 4.06. The van der Waals surface area contributed by atoms with Crippen LogP contribution in [0.2, 0.25) is 0 Å². The number of anilines is 1. The summed E-state index contributed by atoms with van der Waals surface area (Å²) in [6.07, 6.45) is 0. The Labute approximate surface area is 176 Å². The van der Waals surface area contributed by atoms with Crippen LogP contribution >= 0.6 is 0 Å². The number of benzene rings is 3. The predicted octanol–water partition coefficient (Wildman–Crippen LogP) is 4.52. The number of sulfonamides is 1. The van der Waals surface area contributed by atoms with Crippen LogP contribution in [0, 0.1) is 19.7 Å². The molecule has 5 nitrogen and oxygen atoms in total. The van der Waals surface area contributed by atoms with E-state index in [0.717, 1.165) is 11.1 Å². The quantitative estimate of drug-likeness (QED) is 0.630. The number of halogens is 1. The van der Waals surface area contributed by atoms with Gasteiger partial charge in [-0.1, -0.05) is 35.9 Å². The molecule has 0 aliphatic carbocycles. The molecular formula is C23H23FN2O3S. The molecule has 0 aliphatic heterocycles. The Morgan fingerprint density at radius 3 is 2.23 bits per heavy atom. The van der Waals surface area contributed by atoms with Crippen LogP contribution in [0.15, 0.2) is 71.6 Å². The monoisotopic (exact) mass is 426 g/mol. The van der Waals surface area contributed by atoms with Gasteiger partial charge in [0.1, 0.15) is 5.82 Å². The molecule has 0 unspecified atom stereocenters. The van der Waals surface area contributed by atoms with E-state index >= 15 is 0 Å². The fourth-order valence-electron chi connectivity index (χ4n) is 2.94. The molecule has 1 N–H and O–H groups in total. The Kier molecular flexibility index (Phi) is 6.22. The average Bonchev–Trinajstić information content (AvgIpc) is 2.71. The van der Waals surface area contributed by atoms with E-state index in [-0.39, 0.29) is 16.6 Å². The van der Waals surface area contributed by atoms with Gasteiger partial charge in [-0.25, -0.2) is 12.8 Å². The van der Waals surface area contributed by atoms with Crippen LogP contribution in [0.4, 0.5) is 10.1 Å². The first kappa shape index (κ1) is 21.5. The predicted molar refractivity (Wildman–Crippen MR) is 115 cm³/mol. The number of rotatable bonds is 6. The van der Waals surface area contributed by atoms with Gasteiger partial charge in [-0.15, -0.1) is 0 Å². The van der Waals surface area contributed by atoms with Crippen molar-refractivity contribution in [3.8, 4) is 0 Å². The van der Waals surface area contributed by atoms with Gasteiger partial charge in [0.25, 0.3) is 15.9 Å². The van der Waals surface area contributed by atoms with Crippen molar-refractivity contribution in [2.75, 3.05) is 11.8 Å². The van der Waals surface area contributed by atoms with Gasteiger partial charge in [0.05, 0.1) is 10.6 Å². The summed E-state index contributed by atoms with van der Waals surface area (Å²) in [7, 11) is -2.14. The van der Waals surface area contributed by atoms with Gasteiger partial charge in [-0.05, 0) is 61.4 Å². The number of hydrogen-bond acceptors (Lipinski definition) is 3. The van der Waals surface area contributed by atoms with Crippen LogP contribution in [0.1, 0.15) is 27.0 Å². The molecule has 0 saturated carbocycles. The van der Waals surface area contributed by atoms with E-state index in [4.69, 9.17) is 0 Å². The lowest BCUT2D eigenvalue weighted by Gasteiger charge is -2.19. The number of nitrogens with zero attached hydrogens (tertiary/aromatic N) is 1. The molecule has 1 amide bonds. The molecule has 0 fully saturated rings. The smallest absolute Gasteiger partial charge is 0.261 e. The van der Waals surface area contributed by atoms with Gasteiger partial charge in [0, 0.05) is 19.2 Å². The first-order chi connectivity index (χ1) is 14.2. The van der Waals surface area contributed by atoms with E-state index in [1.807, 2.05) is 6.92 Å². The lowest BCUT2D eigenvalue weighted by molar-refractivity contribution is 0.0785. The van der Waals surface area contributed by atoms with Crippen LogP contribution < -0.4 is 4.72 Å². The Morgan fingerprint density at radius 2 is 1.60 bits per heavy atom. The second-order valence-corrected chi connectivity index (χ2v) is 8.92. The van der Waals surface area contributed by atoms with E-state index in [2.05, 4.69) is 4.72 Å². The molecule has 0 atom stereocenters. The van der Waals surface area contributed by atoms with Gasteiger partial charge >= 0.3 is 0 Å². The maximum atomic E-state index is 13.1. The highest BCUT2D eigenvalue weighted by atomic mass is 32.2. The van der Waals surface area contributed by atoms with Crippen molar-refractivity contribution in [2.24, 2.45) is 0 Å². The van der Waals surface area contributed by atoms with E-state index in [9.17, 15) is 17.6 Å². The molecule has 7 heteroatoms. The second-order valence-electron chi connectivity index (χ2n) is 7.24. The summed E-state index contributed by atoms with van der Waals surface area (Å²) in [6.45, 7) is 3.95. The number of hydrogen-bond donors (Lipinski definition) is 1. The Balaban J connectivity index is 1.81. The highest BCUT2D eigenvalue weighted by molar-refractivity contribution is 7.92. The zero-order valence-corrected chi connectivity index (χ0v) is 17.8. The first-order valence-corrected chi connectivity index (χ1v) is 10.8. The zero-order chi connectivity index (χ0) is 21.9. The maximum Gasteiger partial charge on any atom is 0.261 e. The molecule has 0 heterocycles. The van der Waals surface area contributed by atoms with Crippen molar-refractivity contribution in [1.82, 2.24) is 4.90 Å². The number of nitrogens with one attached hydrogen (secondary N) is 1. The topological polar surface area (TPSA) is 66.5 Å². The minimum Gasteiger partial charge on any atom is -0.337 e. The highest BCUT2D eigenvalue weighted by Gasteiger charge is 2.18. The molecule has 3 aromatic rings. The summed E-state index contributed by atoms with van der Waals surface area (Å²) >= 11 is 0. The van der Waals surface area contributed by atoms with E-state index in [1.54, 1.807) is 62.5 Å². The third-order valence-electron chi connectivity index (χ3n) is 4.74. The number of carbonyl (C=O) groups is 1. The standard InChI is InChI=1S/C23H23FN2O3S/c1-16-4-12-21(13-5-16)30(28,29)25-22-14-19(9-6-17(22)2)23(27)26(3)15-18-7-10-20(24)11-8-18/h4-14,25H,15H2,1-3H3. The van der Waals surface area contributed by atoms with Crippen LogP contribution in [0.3, 0.4) is 0 Å². The Bertz CT molecular complexity index is 1160. The third-order valence-corrected chi connectivity index (χ3v) is 6.12. The van der Waals surface area contributed by atoms with Gasteiger partial charge in [0.2, 0.25) is 0 Å². The summed E-state index contributed by atoms with van der Waals surface area (Å²) < 4.78 is 41.1. The number of carbonyl (C=O) groups excluding carboxylic acids is 1. The maximum absolute atomic E-state index is 13.1. The molecule has 0 aliphatic rings. The lowest BCUT2D eigenvalue weighted by Crippen LogP contribution is -2.26. The van der Waals surface area contributed by atoms with Gasteiger partial charge < -0.3 is 4.90 Å². The van der Waals surface area contributed by atoms with Crippen molar-refractivity contribution in [3.63, 3.8) is 0 Å². The minimum absolute atomic E-state index is 0.151. The first-order valence-electron chi connectivity index (χ1n) is 9.36. The SMILES string of the molecule is Cc1ccc(S(=O)(=O)Nc2cc(C(=O)N(C)Cc3ccc(F)cc3)ccc2C)cc1. The largest absolute Gasteiger partial charge is 0.337 e. The van der Waals surface area contributed by atoms with E-state index < -0.39 is 10.0 Å². The average molecular weight is 427 g/mol. The summed E-state index contributed by atoms with van der Waals surface area (Å²) in [5.74, 6) is -0.605. The highest BCUT2D eigenvalue weighted by Crippen LogP contribution is 2.22.